The van der Waals surface area contributed by atoms with Crippen LogP contribution in [0.25, 0.3) is 100 Å². The fraction of sp³-hybridized carbons (Fsp3) is 0. The molecule has 4 aromatic carbocycles. The summed E-state index contributed by atoms with van der Waals surface area (Å²) in [6.45, 7) is 0. The van der Waals surface area contributed by atoms with E-state index in [0.717, 1.165) is 89.4 Å². The molecule has 11 rings (SSSR count). The number of hydrogen-bond donors (Lipinski definition) is 0. The smallest absolute Gasteiger partial charge is 0.145 e. The van der Waals surface area contributed by atoms with Crippen molar-refractivity contribution in [2.24, 2.45) is 0 Å². The molecule has 7 nitrogen and oxygen atoms in total. The number of pyridine rings is 5. The third-order valence-corrected chi connectivity index (χ3v) is 10.6. The number of aromatic nitrogens is 7. The Morgan fingerprint density at radius 1 is 0.304 bits per heavy atom. The lowest BCUT2D eigenvalue weighted by atomic mass is 10.0. The quantitative estimate of drug-likeness (QED) is 0.171. The first-order valence-electron chi connectivity index (χ1n) is 18.6. The topological polar surface area (TPSA) is 74.3 Å². The molecule has 0 spiro atoms. The van der Waals surface area contributed by atoms with Gasteiger partial charge in [0.2, 0.25) is 0 Å². The highest BCUT2D eigenvalue weighted by Gasteiger charge is 2.16. The molecular weight excluding hydrogens is 687 g/mol. The maximum Gasteiger partial charge on any atom is 0.145 e. The molecule has 7 aromatic heterocycles. The van der Waals surface area contributed by atoms with Crippen molar-refractivity contribution in [3.63, 3.8) is 0 Å². The van der Waals surface area contributed by atoms with E-state index in [2.05, 4.69) is 124 Å². The van der Waals surface area contributed by atoms with Gasteiger partial charge in [0.05, 0.1) is 28.1 Å². The molecule has 0 aliphatic rings. The third-order valence-electron chi connectivity index (χ3n) is 10.6. The zero-order chi connectivity index (χ0) is 37.0. The second-order valence-corrected chi connectivity index (χ2v) is 13.8. The maximum absolute atomic E-state index is 4.91. The van der Waals surface area contributed by atoms with Crippen molar-refractivity contribution in [3.05, 3.63) is 189 Å². The van der Waals surface area contributed by atoms with Gasteiger partial charge in [0, 0.05) is 80.6 Å². The number of benzene rings is 4. The van der Waals surface area contributed by atoms with Crippen molar-refractivity contribution in [1.29, 1.82) is 0 Å². The van der Waals surface area contributed by atoms with Crippen LogP contribution in [0.1, 0.15) is 0 Å². The molecule has 0 fully saturated rings. The average molecular weight is 718 g/mol. The van der Waals surface area contributed by atoms with Gasteiger partial charge in [-0.25, -0.2) is 9.97 Å². The first-order valence-corrected chi connectivity index (χ1v) is 18.6. The monoisotopic (exact) mass is 717 g/mol. The Labute approximate surface area is 321 Å². The van der Waals surface area contributed by atoms with Crippen LogP contribution < -0.4 is 0 Å². The molecule has 0 unspecified atom stereocenters. The van der Waals surface area contributed by atoms with Gasteiger partial charge in [0.1, 0.15) is 11.3 Å². The molecule has 0 radical (unpaired) electrons. The van der Waals surface area contributed by atoms with Crippen LogP contribution in [0.15, 0.2) is 189 Å². The van der Waals surface area contributed by atoms with Crippen LogP contribution in [0.4, 0.5) is 0 Å². The molecule has 7 heterocycles. The standard InChI is InChI=1S/C49H31N7/c1-3-14-46-39(9-1)41-11-7-25-51-48(41)55(46)37-20-16-32(17-21-37)33-18-22-44(53-30-33)45-23-19-34(31-54-45)35-27-36(43-13-5-6-24-50-43)29-38(28-35)56-47-15-4-2-10-40(47)42-12-8-26-52-49(42)56/h1-31H. The van der Waals surface area contributed by atoms with Gasteiger partial charge >= 0.3 is 0 Å². The van der Waals surface area contributed by atoms with Crippen LogP contribution in [0.5, 0.6) is 0 Å². The summed E-state index contributed by atoms with van der Waals surface area (Å²) in [5, 5.41) is 4.62. The molecule has 0 bridgehead atoms. The van der Waals surface area contributed by atoms with Gasteiger partial charge in [-0.1, -0.05) is 66.7 Å². The van der Waals surface area contributed by atoms with Crippen molar-refractivity contribution >= 4 is 43.9 Å². The summed E-state index contributed by atoms with van der Waals surface area (Å²) >= 11 is 0. The van der Waals surface area contributed by atoms with Gasteiger partial charge in [-0.15, -0.1) is 0 Å². The number of para-hydroxylation sites is 2. The fourth-order valence-electron chi connectivity index (χ4n) is 7.94. The highest BCUT2D eigenvalue weighted by Crippen LogP contribution is 2.36. The molecule has 0 atom stereocenters. The normalized spacial score (nSPS) is 11.6. The second kappa shape index (κ2) is 13.0. The summed E-state index contributed by atoms with van der Waals surface area (Å²) in [6.07, 6.45) is 9.39. The Hall–Kier alpha value is -7.77. The highest BCUT2D eigenvalue weighted by atomic mass is 15.1. The van der Waals surface area contributed by atoms with Crippen LogP contribution in [-0.2, 0) is 0 Å². The van der Waals surface area contributed by atoms with Crippen LogP contribution >= 0.6 is 0 Å². The summed E-state index contributed by atoms with van der Waals surface area (Å²) in [7, 11) is 0. The van der Waals surface area contributed by atoms with Gasteiger partial charge < -0.3 is 0 Å². The molecular formula is C49H31N7. The summed E-state index contributed by atoms with van der Waals surface area (Å²) in [4.78, 5) is 24.0. The Morgan fingerprint density at radius 2 is 0.821 bits per heavy atom. The van der Waals surface area contributed by atoms with Crippen molar-refractivity contribution in [2.45, 2.75) is 0 Å². The number of fused-ring (bicyclic) bond motifs is 6. The first kappa shape index (κ1) is 31.7. The minimum absolute atomic E-state index is 0.808. The van der Waals surface area contributed by atoms with E-state index in [-0.39, 0.29) is 0 Å². The van der Waals surface area contributed by atoms with E-state index in [1.54, 1.807) is 0 Å². The molecule has 0 aliphatic heterocycles. The van der Waals surface area contributed by atoms with Crippen LogP contribution in [0, 0.1) is 0 Å². The highest BCUT2D eigenvalue weighted by molar-refractivity contribution is 6.08. The third kappa shape index (κ3) is 5.25. The van der Waals surface area contributed by atoms with Crippen LogP contribution in [0.2, 0.25) is 0 Å². The van der Waals surface area contributed by atoms with E-state index in [9.17, 15) is 0 Å². The Kier molecular flexibility index (Phi) is 7.35. The van der Waals surface area contributed by atoms with Gasteiger partial charge in [-0.3, -0.25) is 24.1 Å². The second-order valence-electron chi connectivity index (χ2n) is 13.8. The van der Waals surface area contributed by atoms with Crippen molar-refractivity contribution in [2.75, 3.05) is 0 Å². The van der Waals surface area contributed by atoms with Crippen LogP contribution in [0.3, 0.4) is 0 Å². The molecule has 0 aliphatic carbocycles. The van der Waals surface area contributed by atoms with Gasteiger partial charge in [0.25, 0.3) is 0 Å². The number of rotatable bonds is 6. The first-order chi connectivity index (χ1) is 27.8. The van der Waals surface area contributed by atoms with Crippen LogP contribution in [-0.4, -0.2) is 34.1 Å². The SMILES string of the molecule is c1ccc(-c2cc(-c3ccc(-c4ccc(-c5ccc(-n6c7ccccc7c7cccnc76)cc5)cn4)nc3)cc(-n3c4ccccc4c4cccnc43)c2)nc1. The molecule has 0 saturated heterocycles. The Bertz CT molecular complexity index is 3110. The number of nitrogens with zero attached hydrogens (tertiary/aromatic N) is 7. The molecule has 11 aromatic rings. The molecule has 56 heavy (non-hydrogen) atoms. The van der Waals surface area contributed by atoms with E-state index < -0.39 is 0 Å². The summed E-state index contributed by atoms with van der Waals surface area (Å²) in [5.41, 5.74) is 13.9. The summed E-state index contributed by atoms with van der Waals surface area (Å²) in [5.74, 6) is 0. The van der Waals surface area contributed by atoms with Gasteiger partial charge in [0.15, 0.2) is 0 Å². The lowest BCUT2D eigenvalue weighted by Crippen LogP contribution is -1.97. The van der Waals surface area contributed by atoms with E-state index in [1.807, 2.05) is 73.4 Å². The van der Waals surface area contributed by atoms with Gasteiger partial charge in [-0.05, 0) is 102 Å². The summed E-state index contributed by atoms with van der Waals surface area (Å²) in [6, 6.07) is 54.6. The van der Waals surface area contributed by atoms with Gasteiger partial charge in [-0.2, -0.15) is 0 Å². The zero-order valence-corrected chi connectivity index (χ0v) is 30.0. The lowest BCUT2D eigenvalue weighted by Gasteiger charge is -2.13. The summed E-state index contributed by atoms with van der Waals surface area (Å²) < 4.78 is 4.46. The minimum atomic E-state index is 0.808. The Morgan fingerprint density at radius 3 is 1.41 bits per heavy atom. The Balaban J connectivity index is 0.915. The van der Waals surface area contributed by atoms with Crippen molar-refractivity contribution < 1.29 is 0 Å². The predicted octanol–water partition coefficient (Wildman–Crippen LogP) is 11.5. The number of hydrogen-bond acceptors (Lipinski definition) is 5. The molecule has 7 heteroatoms. The predicted molar refractivity (Wildman–Crippen MR) is 226 cm³/mol. The van der Waals surface area contributed by atoms with Crippen molar-refractivity contribution in [3.8, 4) is 56.3 Å². The maximum atomic E-state index is 4.91. The van der Waals surface area contributed by atoms with E-state index in [4.69, 9.17) is 24.9 Å². The zero-order valence-electron chi connectivity index (χ0n) is 30.0. The van der Waals surface area contributed by atoms with E-state index >= 15 is 0 Å². The minimum Gasteiger partial charge on any atom is -0.294 e. The molecule has 0 saturated carbocycles. The molecule has 0 N–H and O–H groups in total. The molecule has 0 amide bonds. The molecule has 262 valence electrons. The largest absolute Gasteiger partial charge is 0.294 e. The lowest BCUT2D eigenvalue weighted by molar-refractivity contribution is 1.13. The average Bonchev–Trinajstić information content (AvgIpc) is 3.80. The van der Waals surface area contributed by atoms with E-state index in [1.165, 1.54) is 10.8 Å². The van der Waals surface area contributed by atoms with Crippen molar-refractivity contribution in [1.82, 2.24) is 34.1 Å². The van der Waals surface area contributed by atoms with E-state index in [0.29, 0.717) is 0 Å². The fourth-order valence-corrected chi connectivity index (χ4v) is 7.94.